The zero-order chi connectivity index (χ0) is 13.9. The second-order valence-electron chi connectivity index (χ2n) is 4.32. The molecule has 4 nitrogen and oxygen atoms in total. The van der Waals surface area contributed by atoms with E-state index in [2.05, 4.69) is 4.72 Å². The van der Waals surface area contributed by atoms with Gasteiger partial charge in [-0.1, -0.05) is 29.8 Å². The summed E-state index contributed by atoms with van der Waals surface area (Å²) >= 11 is 0. The summed E-state index contributed by atoms with van der Waals surface area (Å²) in [5.74, 6) is 0. The third-order valence-corrected chi connectivity index (χ3v) is 4.13. The highest BCUT2D eigenvalue weighted by Gasteiger charge is 2.14. The quantitative estimate of drug-likeness (QED) is 0.899. The molecule has 5 heteroatoms. The van der Waals surface area contributed by atoms with E-state index in [0.29, 0.717) is 12.2 Å². The summed E-state index contributed by atoms with van der Waals surface area (Å²) in [5.41, 5.74) is 7.92. The molecule has 0 unspecified atom stereocenters. The molecule has 2 rings (SSSR count). The summed E-state index contributed by atoms with van der Waals surface area (Å²) < 4.78 is 26.9. The number of hydrogen-bond acceptors (Lipinski definition) is 3. The Morgan fingerprint density at radius 2 is 1.79 bits per heavy atom. The van der Waals surface area contributed by atoms with Crippen LogP contribution < -0.4 is 10.5 Å². The molecule has 0 amide bonds. The van der Waals surface area contributed by atoms with Gasteiger partial charge in [0.2, 0.25) is 0 Å². The van der Waals surface area contributed by atoms with Crippen molar-refractivity contribution < 1.29 is 8.42 Å². The molecule has 3 N–H and O–H groups in total. The molecular formula is C14H16N2O2S. The van der Waals surface area contributed by atoms with Gasteiger partial charge >= 0.3 is 0 Å². The van der Waals surface area contributed by atoms with Crippen LogP contribution in [-0.2, 0) is 16.6 Å². The summed E-state index contributed by atoms with van der Waals surface area (Å²) in [5, 5.41) is 0. The Morgan fingerprint density at radius 1 is 1.11 bits per heavy atom. The fraction of sp³-hybridized carbons (Fsp3) is 0.143. The van der Waals surface area contributed by atoms with Crippen LogP contribution in [-0.4, -0.2) is 8.42 Å². The molecule has 19 heavy (non-hydrogen) atoms. The van der Waals surface area contributed by atoms with Crippen LogP contribution in [0.25, 0.3) is 0 Å². The molecular weight excluding hydrogens is 260 g/mol. The molecule has 0 aromatic heterocycles. The Morgan fingerprint density at radius 3 is 2.42 bits per heavy atom. The van der Waals surface area contributed by atoms with Crippen molar-refractivity contribution in [2.75, 3.05) is 4.72 Å². The zero-order valence-electron chi connectivity index (χ0n) is 10.6. The predicted molar refractivity (Wildman–Crippen MR) is 76.3 cm³/mol. The smallest absolute Gasteiger partial charge is 0.261 e. The van der Waals surface area contributed by atoms with Crippen LogP contribution in [0.15, 0.2) is 53.4 Å². The van der Waals surface area contributed by atoms with E-state index in [9.17, 15) is 8.42 Å². The van der Waals surface area contributed by atoms with Crippen LogP contribution >= 0.6 is 0 Å². The van der Waals surface area contributed by atoms with Gasteiger partial charge in [-0.05, 0) is 36.8 Å². The highest BCUT2D eigenvalue weighted by atomic mass is 32.2. The van der Waals surface area contributed by atoms with Gasteiger partial charge in [0.1, 0.15) is 0 Å². The number of hydrogen-bond donors (Lipinski definition) is 2. The van der Waals surface area contributed by atoms with Gasteiger partial charge in [0.15, 0.2) is 0 Å². The second-order valence-corrected chi connectivity index (χ2v) is 6.01. The fourth-order valence-corrected chi connectivity index (χ4v) is 2.80. The number of rotatable bonds is 4. The SMILES string of the molecule is Cc1ccc(NS(=O)(=O)c2cccc(CN)c2)cc1. The topological polar surface area (TPSA) is 72.2 Å². The molecule has 0 bridgehead atoms. The van der Waals surface area contributed by atoms with Crippen LogP contribution in [0, 0.1) is 6.92 Å². The molecule has 0 fully saturated rings. The van der Waals surface area contributed by atoms with E-state index in [0.717, 1.165) is 11.1 Å². The van der Waals surface area contributed by atoms with Crippen LogP contribution in [0.2, 0.25) is 0 Å². The Kier molecular flexibility index (Phi) is 3.87. The first kappa shape index (κ1) is 13.6. The first-order valence-corrected chi connectivity index (χ1v) is 7.38. The maximum absolute atomic E-state index is 12.2. The van der Waals surface area contributed by atoms with Crippen molar-refractivity contribution in [1.82, 2.24) is 0 Å². The lowest BCUT2D eigenvalue weighted by atomic mass is 10.2. The third kappa shape index (κ3) is 3.33. The third-order valence-electron chi connectivity index (χ3n) is 2.75. The van der Waals surface area contributed by atoms with Gasteiger partial charge in [0, 0.05) is 12.2 Å². The van der Waals surface area contributed by atoms with Gasteiger partial charge in [-0.3, -0.25) is 4.72 Å². The number of anilines is 1. The van der Waals surface area contributed by atoms with Gasteiger partial charge < -0.3 is 5.73 Å². The molecule has 0 saturated carbocycles. The maximum Gasteiger partial charge on any atom is 0.261 e. The average molecular weight is 276 g/mol. The highest BCUT2D eigenvalue weighted by molar-refractivity contribution is 7.92. The normalized spacial score (nSPS) is 11.3. The lowest BCUT2D eigenvalue weighted by Gasteiger charge is -2.09. The minimum Gasteiger partial charge on any atom is -0.326 e. The lowest BCUT2D eigenvalue weighted by Crippen LogP contribution is -2.13. The molecule has 100 valence electrons. The summed E-state index contributed by atoms with van der Waals surface area (Å²) in [6.07, 6.45) is 0. The van der Waals surface area contributed by atoms with E-state index in [-0.39, 0.29) is 4.90 Å². The van der Waals surface area contributed by atoms with Crippen LogP contribution in [0.1, 0.15) is 11.1 Å². The minimum absolute atomic E-state index is 0.219. The molecule has 0 radical (unpaired) electrons. The van der Waals surface area contributed by atoms with Crippen molar-refractivity contribution in [3.63, 3.8) is 0 Å². The standard InChI is InChI=1S/C14H16N2O2S/c1-11-5-7-13(8-6-11)16-19(17,18)14-4-2-3-12(9-14)10-15/h2-9,16H,10,15H2,1H3. The first-order valence-electron chi connectivity index (χ1n) is 5.90. The molecule has 0 aliphatic heterocycles. The number of aryl methyl sites for hydroxylation is 1. The number of nitrogens with one attached hydrogen (secondary N) is 1. The van der Waals surface area contributed by atoms with Crippen LogP contribution in [0.4, 0.5) is 5.69 Å². The highest BCUT2D eigenvalue weighted by Crippen LogP contribution is 2.17. The molecule has 0 heterocycles. The van der Waals surface area contributed by atoms with Crippen molar-refractivity contribution >= 4 is 15.7 Å². The van der Waals surface area contributed by atoms with Crippen LogP contribution in [0.3, 0.4) is 0 Å². The molecule has 0 aliphatic carbocycles. The monoisotopic (exact) mass is 276 g/mol. The Bertz CT molecular complexity index is 664. The van der Waals surface area contributed by atoms with Gasteiger partial charge in [-0.25, -0.2) is 8.42 Å². The Balaban J connectivity index is 2.29. The largest absolute Gasteiger partial charge is 0.326 e. The predicted octanol–water partition coefficient (Wildman–Crippen LogP) is 2.25. The van der Waals surface area contributed by atoms with E-state index in [1.54, 1.807) is 36.4 Å². The van der Waals surface area contributed by atoms with Crippen molar-refractivity contribution in [2.24, 2.45) is 5.73 Å². The molecule has 0 aliphatic rings. The van der Waals surface area contributed by atoms with Crippen molar-refractivity contribution in [3.8, 4) is 0 Å². The lowest BCUT2D eigenvalue weighted by molar-refractivity contribution is 0.601. The fourth-order valence-electron chi connectivity index (χ4n) is 1.68. The minimum atomic E-state index is -3.56. The maximum atomic E-state index is 12.2. The molecule has 0 saturated heterocycles. The Labute approximate surface area is 113 Å². The average Bonchev–Trinajstić information content (AvgIpc) is 2.41. The summed E-state index contributed by atoms with van der Waals surface area (Å²) in [7, 11) is -3.56. The van der Waals surface area contributed by atoms with Gasteiger partial charge in [0.05, 0.1) is 4.90 Å². The number of nitrogens with two attached hydrogens (primary N) is 1. The molecule has 2 aromatic carbocycles. The zero-order valence-corrected chi connectivity index (χ0v) is 11.4. The van der Waals surface area contributed by atoms with Gasteiger partial charge in [0.25, 0.3) is 10.0 Å². The van der Waals surface area contributed by atoms with Gasteiger partial charge in [-0.2, -0.15) is 0 Å². The van der Waals surface area contributed by atoms with Crippen molar-refractivity contribution in [1.29, 1.82) is 0 Å². The van der Waals surface area contributed by atoms with Crippen molar-refractivity contribution in [3.05, 3.63) is 59.7 Å². The van der Waals surface area contributed by atoms with Crippen molar-refractivity contribution in [2.45, 2.75) is 18.4 Å². The number of benzene rings is 2. The second kappa shape index (κ2) is 5.42. The van der Waals surface area contributed by atoms with E-state index < -0.39 is 10.0 Å². The summed E-state index contributed by atoms with van der Waals surface area (Å²) in [6, 6.07) is 13.8. The van der Waals surface area contributed by atoms with Gasteiger partial charge in [-0.15, -0.1) is 0 Å². The van der Waals surface area contributed by atoms with Crippen LogP contribution in [0.5, 0.6) is 0 Å². The summed E-state index contributed by atoms with van der Waals surface area (Å²) in [6.45, 7) is 2.26. The van der Waals surface area contributed by atoms with E-state index >= 15 is 0 Å². The summed E-state index contributed by atoms with van der Waals surface area (Å²) in [4.78, 5) is 0.219. The molecule has 2 aromatic rings. The van der Waals surface area contributed by atoms with E-state index in [4.69, 9.17) is 5.73 Å². The molecule has 0 atom stereocenters. The molecule has 0 spiro atoms. The van der Waals surface area contributed by atoms with E-state index in [1.807, 2.05) is 19.1 Å². The van der Waals surface area contributed by atoms with E-state index in [1.165, 1.54) is 0 Å². The first-order chi connectivity index (χ1) is 9.01. The number of sulfonamides is 1. The Hall–Kier alpha value is -1.85.